The van der Waals surface area contributed by atoms with E-state index in [9.17, 15) is 5.26 Å². The maximum Gasteiger partial charge on any atom is 0.151 e. The summed E-state index contributed by atoms with van der Waals surface area (Å²) < 4.78 is 3.87. The standard InChI is InChI=1S/C24H16ClN5S3/c1-15-19(22(25)30(29-15)18-7-3-2-4-8-18)11-16(12-26)23-27-17(13-31-23)14-32-24-28-20-9-5-6-10-21(20)33-24/h2-11,13H,14H2,1H3/b16-11+. The maximum atomic E-state index is 9.81. The Morgan fingerprint density at radius 2 is 1.94 bits per heavy atom. The molecule has 3 aromatic heterocycles. The minimum Gasteiger partial charge on any atom is -0.239 e. The van der Waals surface area contributed by atoms with E-state index >= 15 is 0 Å². The number of benzene rings is 2. The number of nitrogens with zero attached hydrogens (tertiary/aromatic N) is 5. The van der Waals surface area contributed by atoms with E-state index in [0.717, 1.165) is 32.5 Å². The Labute approximate surface area is 208 Å². The van der Waals surface area contributed by atoms with Gasteiger partial charge in [0, 0.05) is 16.7 Å². The van der Waals surface area contributed by atoms with Crippen LogP contribution >= 0.6 is 46.0 Å². The molecule has 33 heavy (non-hydrogen) atoms. The third kappa shape index (κ3) is 4.59. The predicted octanol–water partition coefficient (Wildman–Crippen LogP) is 7.26. The number of thioether (sulfide) groups is 1. The van der Waals surface area contributed by atoms with E-state index in [0.29, 0.717) is 21.5 Å². The van der Waals surface area contributed by atoms with Gasteiger partial charge in [0.05, 0.1) is 32.9 Å². The lowest BCUT2D eigenvalue weighted by atomic mass is 10.2. The molecule has 0 saturated carbocycles. The second-order valence-electron chi connectivity index (χ2n) is 7.09. The van der Waals surface area contributed by atoms with Crippen molar-refractivity contribution >= 4 is 67.9 Å². The zero-order valence-corrected chi connectivity index (χ0v) is 20.6. The van der Waals surface area contributed by atoms with Crippen molar-refractivity contribution in [2.75, 3.05) is 0 Å². The second-order valence-corrected chi connectivity index (χ2v) is 10.6. The Bertz CT molecular complexity index is 1480. The number of thiazole rings is 2. The van der Waals surface area contributed by atoms with Crippen molar-refractivity contribution in [3.05, 3.63) is 87.1 Å². The zero-order valence-electron chi connectivity index (χ0n) is 17.4. The number of para-hydroxylation sites is 2. The molecule has 3 heterocycles. The molecular formula is C24H16ClN5S3. The summed E-state index contributed by atoms with van der Waals surface area (Å²) in [6, 6.07) is 20.1. The molecule has 0 spiro atoms. The highest BCUT2D eigenvalue weighted by atomic mass is 35.5. The number of halogens is 1. The summed E-state index contributed by atoms with van der Waals surface area (Å²) in [7, 11) is 0. The first-order valence-electron chi connectivity index (χ1n) is 9.98. The Morgan fingerprint density at radius 1 is 1.15 bits per heavy atom. The molecule has 9 heteroatoms. The molecule has 0 fully saturated rings. The number of hydrogen-bond donors (Lipinski definition) is 0. The number of aromatic nitrogens is 4. The normalized spacial score (nSPS) is 11.7. The lowest BCUT2D eigenvalue weighted by molar-refractivity contribution is 0.863. The fraction of sp³-hybridized carbons (Fsp3) is 0.0833. The molecule has 0 aliphatic rings. The summed E-state index contributed by atoms with van der Waals surface area (Å²) in [5.74, 6) is 0.695. The molecule has 5 rings (SSSR count). The van der Waals surface area contributed by atoms with Gasteiger partial charge in [-0.3, -0.25) is 0 Å². The van der Waals surface area contributed by atoms with Crippen LogP contribution < -0.4 is 0 Å². The van der Waals surface area contributed by atoms with Gasteiger partial charge >= 0.3 is 0 Å². The Hall–Kier alpha value is -2.96. The van der Waals surface area contributed by atoms with Gasteiger partial charge in [0.25, 0.3) is 0 Å². The van der Waals surface area contributed by atoms with Gasteiger partial charge < -0.3 is 0 Å². The van der Waals surface area contributed by atoms with Crippen molar-refractivity contribution in [3.8, 4) is 11.8 Å². The van der Waals surface area contributed by atoms with E-state index in [1.807, 2.05) is 60.8 Å². The number of hydrogen-bond acceptors (Lipinski definition) is 7. The van der Waals surface area contributed by atoms with Crippen LogP contribution in [0.1, 0.15) is 22.0 Å². The molecule has 162 valence electrons. The fourth-order valence-corrected chi connectivity index (χ4v) is 6.43. The molecule has 2 aromatic carbocycles. The van der Waals surface area contributed by atoms with Crippen molar-refractivity contribution in [1.29, 1.82) is 5.26 Å². The lowest BCUT2D eigenvalue weighted by Crippen LogP contribution is -1.95. The average Bonchev–Trinajstić information content (AvgIpc) is 3.54. The molecule has 5 aromatic rings. The second kappa shape index (κ2) is 9.49. The fourth-order valence-electron chi connectivity index (χ4n) is 3.25. The molecule has 0 N–H and O–H groups in total. The summed E-state index contributed by atoms with van der Waals surface area (Å²) >= 11 is 11.4. The molecule has 0 atom stereocenters. The smallest absolute Gasteiger partial charge is 0.151 e. The molecule has 0 amide bonds. The molecule has 0 saturated heterocycles. The van der Waals surface area contributed by atoms with Crippen molar-refractivity contribution in [2.24, 2.45) is 0 Å². The van der Waals surface area contributed by atoms with Crippen LogP contribution in [0.4, 0.5) is 0 Å². The summed E-state index contributed by atoms with van der Waals surface area (Å²) in [5.41, 5.74) is 4.74. The lowest BCUT2D eigenvalue weighted by Gasteiger charge is -2.02. The van der Waals surface area contributed by atoms with Crippen LogP contribution in [-0.4, -0.2) is 19.7 Å². The summed E-state index contributed by atoms with van der Waals surface area (Å²) in [4.78, 5) is 9.34. The number of aryl methyl sites for hydroxylation is 1. The van der Waals surface area contributed by atoms with Crippen LogP contribution in [0, 0.1) is 18.3 Å². The number of allylic oxidation sites excluding steroid dienone is 1. The first-order chi connectivity index (χ1) is 16.1. The van der Waals surface area contributed by atoms with E-state index in [4.69, 9.17) is 11.6 Å². The number of nitriles is 1. The highest BCUT2D eigenvalue weighted by Crippen LogP contribution is 2.33. The first-order valence-corrected chi connectivity index (χ1v) is 13.0. The molecule has 0 unspecified atom stereocenters. The van der Waals surface area contributed by atoms with Crippen molar-refractivity contribution in [3.63, 3.8) is 0 Å². The largest absolute Gasteiger partial charge is 0.239 e. The average molecular weight is 506 g/mol. The molecule has 0 radical (unpaired) electrons. The topological polar surface area (TPSA) is 67.4 Å². The first kappa shape index (κ1) is 21.9. The molecule has 0 aliphatic carbocycles. The quantitative estimate of drug-likeness (QED) is 0.179. The van der Waals surface area contributed by atoms with Crippen LogP contribution in [0.2, 0.25) is 5.15 Å². The zero-order chi connectivity index (χ0) is 22.8. The van der Waals surface area contributed by atoms with E-state index in [-0.39, 0.29) is 0 Å². The Balaban J connectivity index is 1.37. The maximum absolute atomic E-state index is 9.81. The highest BCUT2D eigenvalue weighted by molar-refractivity contribution is 8.00. The Morgan fingerprint density at radius 3 is 2.73 bits per heavy atom. The number of fused-ring (bicyclic) bond motifs is 1. The monoisotopic (exact) mass is 505 g/mol. The van der Waals surface area contributed by atoms with E-state index in [1.165, 1.54) is 16.0 Å². The minimum absolute atomic E-state index is 0.467. The van der Waals surface area contributed by atoms with Gasteiger partial charge in [-0.25, -0.2) is 14.6 Å². The Kier molecular flexibility index (Phi) is 6.29. The van der Waals surface area contributed by atoms with Gasteiger partial charge in [-0.2, -0.15) is 10.4 Å². The third-order valence-electron chi connectivity index (χ3n) is 4.86. The van der Waals surface area contributed by atoms with Gasteiger partial charge in [0.1, 0.15) is 16.2 Å². The van der Waals surface area contributed by atoms with E-state index in [1.54, 1.807) is 33.9 Å². The van der Waals surface area contributed by atoms with Crippen LogP contribution in [0.25, 0.3) is 27.6 Å². The number of rotatable bonds is 6. The van der Waals surface area contributed by atoms with Crippen molar-refractivity contribution in [1.82, 2.24) is 19.7 Å². The van der Waals surface area contributed by atoms with Gasteiger partial charge in [-0.15, -0.1) is 22.7 Å². The summed E-state index contributed by atoms with van der Waals surface area (Å²) in [6.07, 6.45) is 1.77. The molecule has 0 bridgehead atoms. The van der Waals surface area contributed by atoms with Gasteiger partial charge in [-0.1, -0.05) is 53.7 Å². The molecule has 0 aliphatic heterocycles. The van der Waals surface area contributed by atoms with E-state index in [2.05, 4.69) is 27.2 Å². The van der Waals surface area contributed by atoms with Gasteiger partial charge in [-0.05, 0) is 37.3 Å². The van der Waals surface area contributed by atoms with Crippen LogP contribution in [0.15, 0.2) is 64.3 Å². The van der Waals surface area contributed by atoms with E-state index < -0.39 is 0 Å². The SMILES string of the molecule is Cc1nn(-c2ccccc2)c(Cl)c1/C=C(\C#N)c1nc(CSc2nc3ccccc3s2)cs1. The summed E-state index contributed by atoms with van der Waals surface area (Å²) in [5, 5.41) is 17.5. The van der Waals surface area contributed by atoms with Gasteiger partial charge in [0.15, 0.2) is 4.34 Å². The van der Waals surface area contributed by atoms with Gasteiger partial charge in [0.2, 0.25) is 0 Å². The third-order valence-corrected chi connectivity index (χ3v) is 8.36. The molecule has 5 nitrogen and oxygen atoms in total. The van der Waals surface area contributed by atoms with Crippen molar-refractivity contribution in [2.45, 2.75) is 17.0 Å². The molecular weight excluding hydrogens is 490 g/mol. The predicted molar refractivity (Wildman–Crippen MR) is 138 cm³/mol. The van der Waals surface area contributed by atoms with Crippen LogP contribution in [0.3, 0.4) is 0 Å². The summed E-state index contributed by atoms with van der Waals surface area (Å²) in [6.45, 7) is 1.88. The van der Waals surface area contributed by atoms with Crippen LogP contribution in [0.5, 0.6) is 0 Å². The highest BCUT2D eigenvalue weighted by Gasteiger charge is 2.16. The van der Waals surface area contributed by atoms with Crippen molar-refractivity contribution < 1.29 is 0 Å². The minimum atomic E-state index is 0.467. The van der Waals surface area contributed by atoms with Crippen LogP contribution in [-0.2, 0) is 5.75 Å².